The summed E-state index contributed by atoms with van der Waals surface area (Å²) in [5, 5.41) is 21.4. The van der Waals surface area contributed by atoms with E-state index in [0.29, 0.717) is 16.1 Å². The Bertz CT molecular complexity index is 927. The fourth-order valence-corrected chi connectivity index (χ4v) is 4.63. The molecule has 0 radical (unpaired) electrons. The highest BCUT2D eigenvalue weighted by atomic mass is 35.5. The lowest BCUT2D eigenvalue weighted by Gasteiger charge is -2.32. The molecule has 0 bridgehead atoms. The van der Waals surface area contributed by atoms with Crippen molar-refractivity contribution in [1.29, 1.82) is 5.26 Å². The molecule has 0 saturated carbocycles. The second kappa shape index (κ2) is 7.36. The smallest absolute Gasteiger partial charge is 0.240 e. The highest BCUT2D eigenvalue weighted by molar-refractivity contribution is 8.03. The van der Waals surface area contributed by atoms with Gasteiger partial charge in [0.25, 0.3) is 0 Å². The average Bonchev–Trinajstić information content (AvgIpc) is 2.61. The quantitative estimate of drug-likeness (QED) is 0.620. The number of halogens is 2. The molecule has 1 heterocycles. The molecule has 2 N–H and O–H groups in total. The van der Waals surface area contributed by atoms with Gasteiger partial charge in [-0.2, -0.15) is 5.26 Å². The van der Waals surface area contributed by atoms with Crippen LogP contribution in [0.4, 0.5) is 4.39 Å². The molecule has 1 aliphatic rings. The number of thioether (sulfide) groups is 1. The third-order valence-electron chi connectivity index (χ3n) is 4.28. The van der Waals surface area contributed by atoms with Crippen molar-refractivity contribution in [2.75, 3.05) is 0 Å². The molecular weight excluding hydrogens is 377 g/mol. The maximum absolute atomic E-state index is 13.3. The molecule has 132 valence electrons. The lowest BCUT2D eigenvalue weighted by Crippen LogP contribution is -2.37. The van der Waals surface area contributed by atoms with E-state index in [1.165, 1.54) is 24.3 Å². The van der Waals surface area contributed by atoms with Crippen molar-refractivity contribution in [1.82, 2.24) is 0 Å². The Kier molecular flexibility index (Phi) is 5.16. The van der Waals surface area contributed by atoms with E-state index in [2.05, 4.69) is 0 Å². The van der Waals surface area contributed by atoms with E-state index in [4.69, 9.17) is 17.3 Å². The summed E-state index contributed by atoms with van der Waals surface area (Å²) in [6.45, 7) is 0. The van der Waals surface area contributed by atoms with E-state index in [1.807, 2.05) is 6.07 Å². The number of rotatable bonds is 3. The van der Waals surface area contributed by atoms with E-state index in [9.17, 15) is 19.8 Å². The van der Waals surface area contributed by atoms with E-state index < -0.39 is 28.0 Å². The largest absolute Gasteiger partial charge is 0.393 e. The highest BCUT2D eigenvalue weighted by Crippen LogP contribution is 2.51. The van der Waals surface area contributed by atoms with Crippen LogP contribution in [-0.2, 0) is 0 Å². The number of nitriles is 1. The van der Waals surface area contributed by atoms with Crippen molar-refractivity contribution in [3.05, 3.63) is 91.2 Å². The molecule has 2 aromatic rings. The molecule has 1 aliphatic heterocycles. The van der Waals surface area contributed by atoms with E-state index in [1.54, 1.807) is 24.3 Å². The van der Waals surface area contributed by atoms with Crippen molar-refractivity contribution in [2.45, 2.75) is 17.2 Å². The number of hydrogen-bond acceptors (Lipinski definition) is 5. The van der Waals surface area contributed by atoms with Gasteiger partial charge in [-0.1, -0.05) is 53.7 Å². The van der Waals surface area contributed by atoms with Crippen LogP contribution in [0.1, 0.15) is 22.3 Å². The minimum Gasteiger partial charge on any atom is -0.393 e. The number of benzene rings is 2. The first-order valence-electron chi connectivity index (χ1n) is 7.63. The Morgan fingerprint density at radius 2 is 1.88 bits per heavy atom. The predicted molar refractivity (Wildman–Crippen MR) is 98.5 cm³/mol. The lowest BCUT2D eigenvalue weighted by molar-refractivity contribution is -0.525. The minimum atomic E-state index is -1.17. The van der Waals surface area contributed by atoms with Gasteiger partial charge >= 0.3 is 0 Å². The van der Waals surface area contributed by atoms with E-state index in [0.717, 1.165) is 11.8 Å². The third-order valence-corrected chi connectivity index (χ3v) is 5.91. The molecule has 2 aromatic carbocycles. The zero-order valence-electron chi connectivity index (χ0n) is 13.3. The Morgan fingerprint density at radius 3 is 2.46 bits per heavy atom. The zero-order valence-corrected chi connectivity index (χ0v) is 14.9. The molecule has 26 heavy (non-hydrogen) atoms. The summed E-state index contributed by atoms with van der Waals surface area (Å²) in [6, 6.07) is 13.0. The zero-order chi connectivity index (χ0) is 18.8. The average molecular weight is 390 g/mol. The molecule has 8 heteroatoms. The van der Waals surface area contributed by atoms with Gasteiger partial charge in [0.05, 0.1) is 22.6 Å². The van der Waals surface area contributed by atoms with Gasteiger partial charge in [0.2, 0.25) is 6.04 Å². The van der Waals surface area contributed by atoms with Crippen LogP contribution in [0.3, 0.4) is 0 Å². The Balaban J connectivity index is 2.20. The van der Waals surface area contributed by atoms with Crippen LogP contribution >= 0.6 is 23.4 Å². The molecule has 0 spiro atoms. The topological polar surface area (TPSA) is 93.0 Å². The van der Waals surface area contributed by atoms with Crippen molar-refractivity contribution in [2.24, 2.45) is 5.73 Å². The number of nitrogens with zero attached hydrogens (tertiary/aromatic N) is 2. The van der Waals surface area contributed by atoms with Gasteiger partial charge in [-0.3, -0.25) is 10.1 Å². The van der Waals surface area contributed by atoms with Crippen LogP contribution in [0, 0.1) is 27.3 Å². The first-order chi connectivity index (χ1) is 12.4. The van der Waals surface area contributed by atoms with Gasteiger partial charge in [-0.25, -0.2) is 4.39 Å². The maximum Gasteiger partial charge on any atom is 0.240 e. The minimum absolute atomic E-state index is 0.128. The van der Waals surface area contributed by atoms with Crippen molar-refractivity contribution in [3.63, 3.8) is 0 Å². The molecule has 3 unspecified atom stereocenters. The highest BCUT2D eigenvalue weighted by Gasteiger charge is 2.48. The number of hydrogen-bond donors (Lipinski definition) is 1. The Hall–Kier alpha value is -2.56. The fourth-order valence-electron chi connectivity index (χ4n) is 3.11. The molecule has 0 aliphatic carbocycles. The predicted octanol–water partition coefficient (Wildman–Crippen LogP) is 4.39. The molecule has 5 nitrogen and oxygen atoms in total. The van der Waals surface area contributed by atoms with Gasteiger partial charge in [-0.05, 0) is 29.3 Å². The summed E-state index contributed by atoms with van der Waals surface area (Å²) in [6.07, 6.45) is 0. The maximum atomic E-state index is 13.3. The van der Waals surface area contributed by atoms with Crippen LogP contribution in [-0.4, -0.2) is 11.0 Å². The second-order valence-corrected chi connectivity index (χ2v) is 7.35. The normalized spacial score (nSPS) is 22.7. The van der Waals surface area contributed by atoms with E-state index in [-0.39, 0.29) is 10.6 Å². The van der Waals surface area contributed by atoms with Crippen LogP contribution in [0.15, 0.2) is 59.1 Å². The molecule has 0 amide bonds. The SMILES string of the molecule is N#CC1=C(N)SC(c2ccc(F)cc2)C([N+](=O)[O-])C1c1ccccc1Cl. The summed E-state index contributed by atoms with van der Waals surface area (Å²) in [5.41, 5.74) is 7.24. The monoisotopic (exact) mass is 389 g/mol. The van der Waals surface area contributed by atoms with Gasteiger partial charge in [-0.15, -0.1) is 0 Å². The standard InChI is InChI=1S/C18H13ClFN3O2S/c19-14-4-2-1-3-12(14)15-13(9-21)18(22)26-17(16(15)23(24)25)10-5-7-11(20)8-6-10/h1-8,15-17H,22H2. The molecule has 3 atom stereocenters. The summed E-state index contributed by atoms with van der Waals surface area (Å²) < 4.78 is 13.3. The summed E-state index contributed by atoms with van der Waals surface area (Å²) in [7, 11) is 0. The molecule has 3 rings (SSSR count). The Morgan fingerprint density at radius 1 is 1.23 bits per heavy atom. The van der Waals surface area contributed by atoms with Gasteiger partial charge in [0.1, 0.15) is 11.1 Å². The van der Waals surface area contributed by atoms with Crippen LogP contribution < -0.4 is 5.73 Å². The molecule has 0 fully saturated rings. The first kappa shape index (κ1) is 18.2. The second-order valence-electron chi connectivity index (χ2n) is 5.75. The van der Waals surface area contributed by atoms with Crippen LogP contribution in [0.25, 0.3) is 0 Å². The lowest BCUT2D eigenvalue weighted by atomic mass is 9.82. The fraction of sp³-hybridized carbons (Fsp3) is 0.167. The first-order valence-corrected chi connectivity index (χ1v) is 8.89. The molecule has 0 saturated heterocycles. The number of nitro groups is 1. The van der Waals surface area contributed by atoms with Gasteiger partial charge in [0, 0.05) is 9.95 Å². The molecule has 0 aromatic heterocycles. The van der Waals surface area contributed by atoms with Crippen molar-refractivity contribution < 1.29 is 9.31 Å². The van der Waals surface area contributed by atoms with Crippen LogP contribution in [0.2, 0.25) is 5.02 Å². The van der Waals surface area contributed by atoms with Crippen molar-refractivity contribution in [3.8, 4) is 6.07 Å². The molecular formula is C18H13ClFN3O2S. The summed E-state index contributed by atoms with van der Waals surface area (Å²) in [4.78, 5) is 11.6. The van der Waals surface area contributed by atoms with Gasteiger partial charge in [0.15, 0.2) is 0 Å². The third kappa shape index (κ3) is 3.26. The van der Waals surface area contributed by atoms with E-state index >= 15 is 0 Å². The van der Waals surface area contributed by atoms with Crippen molar-refractivity contribution >= 4 is 23.4 Å². The summed E-state index contributed by atoms with van der Waals surface area (Å²) in [5.74, 6) is -1.32. The number of nitrogens with two attached hydrogens (primary N) is 1. The van der Waals surface area contributed by atoms with Crippen LogP contribution in [0.5, 0.6) is 0 Å². The summed E-state index contributed by atoms with van der Waals surface area (Å²) >= 11 is 7.31. The Labute approximate surface area is 158 Å². The van der Waals surface area contributed by atoms with Gasteiger partial charge < -0.3 is 5.73 Å².